The first-order valence-corrected chi connectivity index (χ1v) is 6.33. The number of ether oxygens (including phenoxy) is 1. The van der Waals surface area contributed by atoms with Gasteiger partial charge in [0.15, 0.2) is 11.2 Å². The summed E-state index contributed by atoms with van der Waals surface area (Å²) in [7, 11) is 1.55. The van der Waals surface area contributed by atoms with Crippen molar-refractivity contribution in [2.75, 3.05) is 7.11 Å². The fourth-order valence-corrected chi connectivity index (χ4v) is 2.04. The molecule has 0 saturated carbocycles. The standard InChI is InChI=1S/C13H12N6O3/c1-22-9-4-2-3-8(5-9)19-12-11(16-17-19)13(21)18(7-15-12)6-10(14)20/h2-5,7H,6H2,1H3,(H2,14,20). The Bertz CT molecular complexity index is 914. The molecule has 0 fully saturated rings. The maximum Gasteiger partial charge on any atom is 0.284 e. The van der Waals surface area contributed by atoms with Gasteiger partial charge in [-0.1, -0.05) is 11.3 Å². The fraction of sp³-hybridized carbons (Fsp3) is 0.154. The number of carbonyl (C=O) groups excluding carboxylic acids is 1. The second-order valence-corrected chi connectivity index (χ2v) is 4.52. The van der Waals surface area contributed by atoms with Crippen LogP contribution in [0.5, 0.6) is 5.75 Å². The van der Waals surface area contributed by atoms with Crippen molar-refractivity contribution in [1.82, 2.24) is 24.5 Å². The van der Waals surface area contributed by atoms with Gasteiger partial charge in [-0.05, 0) is 12.1 Å². The van der Waals surface area contributed by atoms with Gasteiger partial charge in [0.05, 0.1) is 12.8 Å². The van der Waals surface area contributed by atoms with E-state index in [2.05, 4.69) is 15.3 Å². The van der Waals surface area contributed by atoms with Crippen LogP contribution in [0.1, 0.15) is 0 Å². The van der Waals surface area contributed by atoms with Crippen LogP contribution in [0, 0.1) is 0 Å². The van der Waals surface area contributed by atoms with Crippen molar-refractivity contribution in [2.45, 2.75) is 6.54 Å². The maximum absolute atomic E-state index is 12.2. The van der Waals surface area contributed by atoms with Gasteiger partial charge in [-0.3, -0.25) is 14.2 Å². The Morgan fingerprint density at radius 3 is 2.95 bits per heavy atom. The molecule has 0 unspecified atom stereocenters. The highest BCUT2D eigenvalue weighted by Gasteiger charge is 2.14. The fourth-order valence-electron chi connectivity index (χ4n) is 2.04. The van der Waals surface area contributed by atoms with E-state index in [0.29, 0.717) is 17.1 Å². The Morgan fingerprint density at radius 2 is 2.23 bits per heavy atom. The molecule has 0 aliphatic heterocycles. The van der Waals surface area contributed by atoms with Crippen molar-refractivity contribution in [3.8, 4) is 11.4 Å². The number of aromatic nitrogens is 5. The molecular formula is C13H12N6O3. The van der Waals surface area contributed by atoms with Crippen molar-refractivity contribution in [3.63, 3.8) is 0 Å². The van der Waals surface area contributed by atoms with E-state index in [1.165, 1.54) is 11.0 Å². The maximum atomic E-state index is 12.2. The van der Waals surface area contributed by atoms with E-state index in [9.17, 15) is 9.59 Å². The molecule has 0 spiro atoms. The molecule has 1 amide bonds. The molecule has 1 aromatic carbocycles. The van der Waals surface area contributed by atoms with E-state index < -0.39 is 11.5 Å². The van der Waals surface area contributed by atoms with E-state index in [4.69, 9.17) is 10.5 Å². The van der Waals surface area contributed by atoms with Gasteiger partial charge in [0.2, 0.25) is 5.91 Å². The zero-order valence-electron chi connectivity index (χ0n) is 11.6. The number of hydrogen-bond donors (Lipinski definition) is 1. The zero-order valence-corrected chi connectivity index (χ0v) is 11.6. The number of carbonyl (C=O) groups is 1. The van der Waals surface area contributed by atoms with Crippen LogP contribution in [-0.4, -0.2) is 37.6 Å². The van der Waals surface area contributed by atoms with E-state index in [1.54, 1.807) is 31.4 Å². The lowest BCUT2D eigenvalue weighted by molar-refractivity contribution is -0.118. The number of benzene rings is 1. The monoisotopic (exact) mass is 300 g/mol. The summed E-state index contributed by atoms with van der Waals surface area (Å²) in [4.78, 5) is 27.3. The van der Waals surface area contributed by atoms with Crippen molar-refractivity contribution < 1.29 is 9.53 Å². The van der Waals surface area contributed by atoms with Crippen LogP contribution in [-0.2, 0) is 11.3 Å². The largest absolute Gasteiger partial charge is 0.497 e. The first-order valence-electron chi connectivity index (χ1n) is 6.33. The summed E-state index contributed by atoms with van der Waals surface area (Å²) >= 11 is 0. The third kappa shape index (κ3) is 2.28. The number of nitrogens with two attached hydrogens (primary N) is 1. The molecule has 22 heavy (non-hydrogen) atoms. The third-order valence-electron chi connectivity index (χ3n) is 3.05. The second-order valence-electron chi connectivity index (χ2n) is 4.52. The normalized spacial score (nSPS) is 10.8. The zero-order chi connectivity index (χ0) is 15.7. The lowest BCUT2D eigenvalue weighted by Crippen LogP contribution is -2.28. The number of amides is 1. The van der Waals surface area contributed by atoms with E-state index in [-0.39, 0.29) is 12.1 Å². The van der Waals surface area contributed by atoms with Gasteiger partial charge in [0.1, 0.15) is 18.6 Å². The van der Waals surface area contributed by atoms with Gasteiger partial charge in [0, 0.05) is 6.07 Å². The van der Waals surface area contributed by atoms with Crippen LogP contribution in [0.25, 0.3) is 16.9 Å². The van der Waals surface area contributed by atoms with Gasteiger partial charge < -0.3 is 10.5 Å². The summed E-state index contributed by atoms with van der Waals surface area (Å²) in [5, 5.41) is 7.78. The molecule has 2 aromatic heterocycles. The van der Waals surface area contributed by atoms with Crippen LogP contribution >= 0.6 is 0 Å². The van der Waals surface area contributed by atoms with E-state index in [1.807, 2.05) is 0 Å². The first kappa shape index (κ1) is 13.7. The summed E-state index contributed by atoms with van der Waals surface area (Å²) in [6.45, 7) is -0.256. The van der Waals surface area contributed by atoms with Crippen LogP contribution < -0.4 is 16.0 Å². The molecule has 112 valence electrons. The Labute approximate surface area is 123 Å². The summed E-state index contributed by atoms with van der Waals surface area (Å²) in [5.74, 6) is 0.00616. The van der Waals surface area contributed by atoms with Gasteiger partial charge in [0.25, 0.3) is 5.56 Å². The summed E-state index contributed by atoms with van der Waals surface area (Å²) in [6, 6.07) is 7.10. The Balaban J connectivity index is 2.15. The molecule has 0 radical (unpaired) electrons. The molecule has 0 aliphatic carbocycles. The van der Waals surface area contributed by atoms with Crippen molar-refractivity contribution in [3.05, 3.63) is 40.9 Å². The summed E-state index contributed by atoms with van der Waals surface area (Å²) in [5.41, 5.74) is 5.62. The lowest BCUT2D eigenvalue weighted by atomic mass is 10.3. The Kier molecular flexibility index (Phi) is 3.30. The average molecular weight is 300 g/mol. The van der Waals surface area contributed by atoms with E-state index in [0.717, 1.165) is 4.57 Å². The Hall–Kier alpha value is -3.23. The van der Waals surface area contributed by atoms with Crippen molar-refractivity contribution >= 4 is 17.1 Å². The highest BCUT2D eigenvalue weighted by Crippen LogP contribution is 2.17. The highest BCUT2D eigenvalue weighted by atomic mass is 16.5. The molecule has 3 aromatic rings. The van der Waals surface area contributed by atoms with Gasteiger partial charge in [-0.25, -0.2) is 4.98 Å². The molecule has 0 aliphatic rings. The minimum absolute atomic E-state index is 0.0616. The predicted octanol–water partition coefficient (Wildman–Crippen LogP) is -0.529. The molecule has 0 bridgehead atoms. The molecule has 9 nitrogen and oxygen atoms in total. The minimum atomic E-state index is -0.636. The minimum Gasteiger partial charge on any atom is -0.497 e. The van der Waals surface area contributed by atoms with Crippen LogP contribution in [0.15, 0.2) is 35.4 Å². The molecule has 2 N–H and O–H groups in total. The predicted molar refractivity (Wildman–Crippen MR) is 76.7 cm³/mol. The molecule has 3 rings (SSSR count). The smallest absolute Gasteiger partial charge is 0.284 e. The first-order chi connectivity index (χ1) is 10.6. The summed E-state index contributed by atoms with van der Waals surface area (Å²) in [6.07, 6.45) is 1.25. The average Bonchev–Trinajstić information content (AvgIpc) is 2.94. The van der Waals surface area contributed by atoms with Crippen molar-refractivity contribution in [2.24, 2.45) is 5.73 Å². The lowest BCUT2D eigenvalue weighted by Gasteiger charge is -2.05. The van der Waals surface area contributed by atoms with Gasteiger partial charge in [-0.15, -0.1) is 5.10 Å². The number of nitrogens with zero attached hydrogens (tertiary/aromatic N) is 5. The molecular weight excluding hydrogens is 288 g/mol. The third-order valence-corrected chi connectivity index (χ3v) is 3.05. The number of primary amides is 1. The van der Waals surface area contributed by atoms with E-state index >= 15 is 0 Å². The van der Waals surface area contributed by atoms with Gasteiger partial charge in [-0.2, -0.15) is 4.68 Å². The number of hydrogen-bond acceptors (Lipinski definition) is 6. The molecule has 9 heteroatoms. The Morgan fingerprint density at radius 1 is 1.41 bits per heavy atom. The highest BCUT2D eigenvalue weighted by molar-refractivity contribution is 5.74. The quantitative estimate of drug-likeness (QED) is 0.692. The molecule has 0 atom stereocenters. The second kappa shape index (κ2) is 5.28. The SMILES string of the molecule is COc1cccc(-n2nnc3c(=O)n(CC(N)=O)cnc32)c1. The van der Waals surface area contributed by atoms with Crippen LogP contribution in [0.4, 0.5) is 0 Å². The van der Waals surface area contributed by atoms with Crippen LogP contribution in [0.2, 0.25) is 0 Å². The summed E-state index contributed by atoms with van der Waals surface area (Å²) < 4.78 is 7.67. The molecule has 2 heterocycles. The van der Waals surface area contributed by atoms with Crippen LogP contribution in [0.3, 0.4) is 0 Å². The number of methoxy groups -OCH3 is 1. The van der Waals surface area contributed by atoms with Crippen molar-refractivity contribution in [1.29, 1.82) is 0 Å². The topological polar surface area (TPSA) is 118 Å². The van der Waals surface area contributed by atoms with Gasteiger partial charge >= 0.3 is 0 Å². The number of rotatable bonds is 4. The number of fused-ring (bicyclic) bond motifs is 1. The molecule has 0 saturated heterocycles.